The van der Waals surface area contributed by atoms with Gasteiger partial charge >= 0.3 is 6.18 Å². The van der Waals surface area contributed by atoms with Crippen molar-refractivity contribution in [3.05, 3.63) is 48.3 Å². The summed E-state index contributed by atoms with van der Waals surface area (Å²) in [6, 6.07) is 4.35. The van der Waals surface area contributed by atoms with Crippen LogP contribution in [0.25, 0.3) is 11.0 Å². The maximum atomic E-state index is 12.6. The molecule has 8 heteroatoms. The van der Waals surface area contributed by atoms with E-state index in [4.69, 9.17) is 0 Å². The van der Waals surface area contributed by atoms with Crippen molar-refractivity contribution in [3.8, 4) is 0 Å². The molecule has 0 aliphatic carbocycles. The minimum atomic E-state index is -4.40. The molecule has 0 atom stereocenters. The van der Waals surface area contributed by atoms with Crippen LogP contribution >= 0.6 is 0 Å². The maximum absolute atomic E-state index is 12.6. The van der Waals surface area contributed by atoms with Gasteiger partial charge in [-0.15, -0.1) is 0 Å². The van der Waals surface area contributed by atoms with Gasteiger partial charge in [-0.3, -0.25) is 4.68 Å². The summed E-state index contributed by atoms with van der Waals surface area (Å²) >= 11 is 0. The zero-order valence-corrected chi connectivity index (χ0v) is 10.7. The number of fused-ring (bicyclic) bond motifs is 1. The lowest BCUT2D eigenvalue weighted by Gasteiger charge is -2.07. The van der Waals surface area contributed by atoms with E-state index >= 15 is 0 Å². The van der Waals surface area contributed by atoms with Crippen LogP contribution in [0.2, 0.25) is 0 Å². The Morgan fingerprint density at radius 2 is 2.05 bits per heavy atom. The predicted molar refractivity (Wildman–Crippen MR) is 68.3 cm³/mol. The predicted octanol–water partition coefficient (Wildman–Crippen LogP) is 2.48. The van der Waals surface area contributed by atoms with Gasteiger partial charge in [0.05, 0.1) is 5.56 Å². The van der Waals surface area contributed by atoms with Gasteiger partial charge in [-0.2, -0.15) is 18.3 Å². The zero-order valence-electron chi connectivity index (χ0n) is 10.7. The van der Waals surface area contributed by atoms with Crippen molar-refractivity contribution in [3.63, 3.8) is 0 Å². The molecule has 0 bridgehead atoms. The molecule has 0 amide bonds. The average molecular weight is 293 g/mol. The summed E-state index contributed by atoms with van der Waals surface area (Å²) < 4.78 is 39.4. The molecule has 3 heterocycles. The van der Waals surface area contributed by atoms with Crippen LogP contribution in [0.4, 0.5) is 13.2 Å². The summed E-state index contributed by atoms with van der Waals surface area (Å²) in [7, 11) is 0. The highest BCUT2D eigenvalue weighted by Crippen LogP contribution is 2.30. The fourth-order valence-corrected chi connectivity index (χ4v) is 1.92. The molecule has 5 nitrogen and oxygen atoms in total. The van der Waals surface area contributed by atoms with Crippen molar-refractivity contribution in [2.24, 2.45) is 0 Å². The summed E-state index contributed by atoms with van der Waals surface area (Å²) in [5.74, 6) is 0. The molecule has 21 heavy (non-hydrogen) atoms. The third kappa shape index (κ3) is 2.99. The standard InChI is InChI=1S/C13H10F3N5/c14-13(15,16)10-5-9-1-2-11(20-12(9)18-6-10)3-4-21-8-17-7-19-21/h1-2,5-8H,3-4H2. The summed E-state index contributed by atoms with van der Waals surface area (Å²) in [6.07, 6.45) is 0.0361. The molecule has 0 fully saturated rings. The Labute approximate surface area is 117 Å². The van der Waals surface area contributed by atoms with Gasteiger partial charge < -0.3 is 0 Å². The van der Waals surface area contributed by atoms with Gasteiger partial charge in [-0.1, -0.05) is 0 Å². The first-order valence-electron chi connectivity index (χ1n) is 6.18. The number of halogens is 3. The zero-order chi connectivity index (χ0) is 14.9. The molecule has 0 spiro atoms. The minimum Gasteiger partial charge on any atom is -0.253 e. The molecule has 0 aliphatic heterocycles. The summed E-state index contributed by atoms with van der Waals surface area (Å²) in [6.45, 7) is 0.596. The van der Waals surface area contributed by atoms with Gasteiger partial charge in [0, 0.05) is 30.2 Å². The highest BCUT2D eigenvalue weighted by molar-refractivity contribution is 5.75. The molecular formula is C13H10F3N5. The van der Waals surface area contributed by atoms with E-state index in [-0.39, 0.29) is 0 Å². The molecule has 0 saturated carbocycles. The van der Waals surface area contributed by atoms with Crippen molar-refractivity contribution in [2.75, 3.05) is 0 Å². The van der Waals surface area contributed by atoms with E-state index in [1.807, 2.05) is 0 Å². The van der Waals surface area contributed by atoms with Gasteiger partial charge in [0.25, 0.3) is 0 Å². The van der Waals surface area contributed by atoms with Gasteiger partial charge in [-0.05, 0) is 18.2 Å². The second-order valence-electron chi connectivity index (χ2n) is 4.48. The number of rotatable bonds is 3. The number of alkyl halides is 3. The Morgan fingerprint density at radius 3 is 2.76 bits per heavy atom. The van der Waals surface area contributed by atoms with Crippen molar-refractivity contribution < 1.29 is 13.2 Å². The fourth-order valence-electron chi connectivity index (χ4n) is 1.92. The number of hydrogen-bond acceptors (Lipinski definition) is 4. The molecule has 3 aromatic rings. The van der Waals surface area contributed by atoms with E-state index in [1.165, 1.54) is 6.33 Å². The van der Waals surface area contributed by atoms with Crippen LogP contribution in [0.3, 0.4) is 0 Å². The Hall–Kier alpha value is -2.51. The molecule has 0 aliphatic rings. The van der Waals surface area contributed by atoms with Crippen molar-refractivity contribution in [2.45, 2.75) is 19.1 Å². The van der Waals surface area contributed by atoms with E-state index in [9.17, 15) is 13.2 Å². The minimum absolute atomic E-state index is 0.305. The number of nitrogens with zero attached hydrogens (tertiary/aromatic N) is 5. The topological polar surface area (TPSA) is 56.5 Å². The first-order chi connectivity index (χ1) is 10.0. The molecule has 0 radical (unpaired) electrons. The summed E-state index contributed by atoms with van der Waals surface area (Å²) in [5, 5.41) is 4.34. The second-order valence-corrected chi connectivity index (χ2v) is 4.48. The normalized spacial score (nSPS) is 12.0. The van der Waals surface area contributed by atoms with Crippen molar-refractivity contribution >= 4 is 11.0 Å². The van der Waals surface area contributed by atoms with E-state index < -0.39 is 11.7 Å². The van der Waals surface area contributed by atoms with Crippen LogP contribution in [0.1, 0.15) is 11.3 Å². The number of aromatic nitrogens is 5. The number of hydrogen-bond donors (Lipinski definition) is 0. The first-order valence-corrected chi connectivity index (χ1v) is 6.18. The maximum Gasteiger partial charge on any atom is 0.417 e. The molecule has 3 rings (SSSR count). The van der Waals surface area contributed by atoms with Crippen LogP contribution in [0, 0.1) is 0 Å². The lowest BCUT2D eigenvalue weighted by Crippen LogP contribution is -2.06. The molecule has 3 aromatic heterocycles. The molecule has 0 unspecified atom stereocenters. The average Bonchev–Trinajstić information content (AvgIpc) is 2.96. The van der Waals surface area contributed by atoms with Gasteiger partial charge in [0.1, 0.15) is 12.7 Å². The Morgan fingerprint density at radius 1 is 1.19 bits per heavy atom. The Balaban J connectivity index is 1.83. The molecular weight excluding hydrogens is 283 g/mol. The third-order valence-corrected chi connectivity index (χ3v) is 2.99. The summed E-state index contributed by atoms with van der Waals surface area (Å²) in [5.41, 5.74) is 0.275. The fraction of sp³-hybridized carbons (Fsp3) is 0.231. The van der Waals surface area contributed by atoms with Gasteiger partial charge in [0.2, 0.25) is 0 Å². The van der Waals surface area contributed by atoms with Crippen LogP contribution in [-0.2, 0) is 19.1 Å². The molecule has 0 saturated heterocycles. The molecule has 0 aromatic carbocycles. The van der Waals surface area contributed by atoms with E-state index in [0.717, 1.165) is 18.0 Å². The SMILES string of the molecule is FC(F)(F)c1cnc2nc(CCn3cncn3)ccc2c1. The van der Waals surface area contributed by atoms with Crippen LogP contribution in [0.15, 0.2) is 37.1 Å². The van der Waals surface area contributed by atoms with Crippen LogP contribution in [0.5, 0.6) is 0 Å². The van der Waals surface area contributed by atoms with E-state index in [0.29, 0.717) is 24.0 Å². The number of aryl methyl sites for hydroxylation is 2. The van der Waals surface area contributed by atoms with Crippen molar-refractivity contribution in [1.29, 1.82) is 0 Å². The molecule has 108 valence electrons. The van der Waals surface area contributed by atoms with Crippen LogP contribution in [-0.4, -0.2) is 24.7 Å². The Kier molecular flexibility index (Phi) is 3.28. The van der Waals surface area contributed by atoms with Gasteiger partial charge in [0.15, 0.2) is 5.65 Å². The highest BCUT2D eigenvalue weighted by Gasteiger charge is 2.31. The summed E-state index contributed by atoms with van der Waals surface area (Å²) in [4.78, 5) is 11.9. The first kappa shape index (κ1) is 13.5. The third-order valence-electron chi connectivity index (χ3n) is 2.99. The van der Waals surface area contributed by atoms with Gasteiger partial charge in [-0.25, -0.2) is 15.0 Å². The number of pyridine rings is 2. The van der Waals surface area contributed by atoms with Crippen LogP contribution < -0.4 is 0 Å². The quantitative estimate of drug-likeness (QED) is 0.744. The Bertz CT molecular complexity index is 752. The second kappa shape index (κ2) is 5.12. The monoisotopic (exact) mass is 293 g/mol. The van der Waals surface area contributed by atoms with E-state index in [2.05, 4.69) is 20.1 Å². The lowest BCUT2D eigenvalue weighted by atomic mass is 10.2. The molecule has 0 N–H and O–H groups in total. The van der Waals surface area contributed by atoms with E-state index in [1.54, 1.807) is 23.1 Å². The smallest absolute Gasteiger partial charge is 0.253 e. The highest BCUT2D eigenvalue weighted by atomic mass is 19.4. The largest absolute Gasteiger partial charge is 0.417 e. The van der Waals surface area contributed by atoms with Crippen molar-refractivity contribution in [1.82, 2.24) is 24.7 Å². The lowest BCUT2D eigenvalue weighted by molar-refractivity contribution is -0.137.